The normalized spacial score (nSPS) is 10.7. The van der Waals surface area contributed by atoms with Crippen molar-refractivity contribution in [3.8, 4) is 0 Å². The SMILES string of the molecule is CCCCCCCCC(=O)CCOCCOC. The van der Waals surface area contributed by atoms with E-state index in [9.17, 15) is 4.79 Å². The van der Waals surface area contributed by atoms with Crippen LogP contribution in [0, 0.1) is 0 Å². The van der Waals surface area contributed by atoms with Gasteiger partial charge < -0.3 is 9.47 Å². The Kier molecular flexibility index (Phi) is 13.3. The molecule has 0 aromatic carbocycles. The number of hydrogen-bond donors (Lipinski definition) is 0. The number of hydrogen-bond acceptors (Lipinski definition) is 3. The highest BCUT2D eigenvalue weighted by atomic mass is 16.5. The van der Waals surface area contributed by atoms with Crippen LogP contribution in [-0.2, 0) is 14.3 Å². The highest BCUT2D eigenvalue weighted by molar-refractivity contribution is 5.78. The molecule has 0 fully saturated rings. The zero-order valence-corrected chi connectivity index (χ0v) is 11.5. The number of carbonyl (C=O) groups excluding carboxylic acids is 1. The molecule has 3 nitrogen and oxygen atoms in total. The molecule has 0 aromatic rings. The predicted octanol–water partition coefficient (Wildman–Crippen LogP) is 3.36. The van der Waals surface area contributed by atoms with E-state index >= 15 is 0 Å². The third-order valence-electron chi connectivity index (χ3n) is 2.77. The second-order valence-electron chi connectivity index (χ2n) is 4.41. The van der Waals surface area contributed by atoms with Crippen LogP contribution in [0.2, 0.25) is 0 Å². The Labute approximate surface area is 106 Å². The van der Waals surface area contributed by atoms with Gasteiger partial charge in [-0.15, -0.1) is 0 Å². The molecular formula is C14H28O3. The Morgan fingerprint density at radius 1 is 0.882 bits per heavy atom. The molecule has 0 saturated heterocycles. The van der Waals surface area contributed by atoms with E-state index in [0.29, 0.717) is 32.0 Å². The summed E-state index contributed by atoms with van der Waals surface area (Å²) in [5.74, 6) is 0.331. The average molecular weight is 244 g/mol. The van der Waals surface area contributed by atoms with Crippen LogP contribution in [0.1, 0.15) is 58.3 Å². The second-order valence-corrected chi connectivity index (χ2v) is 4.41. The summed E-state index contributed by atoms with van der Waals surface area (Å²) < 4.78 is 10.1. The third-order valence-corrected chi connectivity index (χ3v) is 2.77. The first-order valence-corrected chi connectivity index (χ1v) is 6.89. The highest BCUT2D eigenvalue weighted by Gasteiger charge is 2.01. The Morgan fingerprint density at radius 2 is 1.59 bits per heavy atom. The van der Waals surface area contributed by atoms with Gasteiger partial charge in [-0.05, 0) is 6.42 Å². The third kappa shape index (κ3) is 13.5. The van der Waals surface area contributed by atoms with Crippen molar-refractivity contribution in [2.45, 2.75) is 58.3 Å². The first-order chi connectivity index (χ1) is 8.31. The van der Waals surface area contributed by atoms with Gasteiger partial charge >= 0.3 is 0 Å². The van der Waals surface area contributed by atoms with E-state index in [1.54, 1.807) is 7.11 Å². The van der Waals surface area contributed by atoms with Gasteiger partial charge in [-0.25, -0.2) is 0 Å². The standard InChI is InChI=1S/C14H28O3/c1-3-4-5-6-7-8-9-14(15)10-11-17-13-12-16-2/h3-13H2,1-2H3. The van der Waals surface area contributed by atoms with Gasteiger partial charge in [0.2, 0.25) is 0 Å². The molecule has 0 aliphatic rings. The topological polar surface area (TPSA) is 35.5 Å². The lowest BCUT2D eigenvalue weighted by molar-refractivity contribution is -0.120. The molecule has 0 spiro atoms. The van der Waals surface area contributed by atoms with Crippen molar-refractivity contribution in [2.75, 3.05) is 26.9 Å². The van der Waals surface area contributed by atoms with Gasteiger partial charge in [-0.1, -0.05) is 39.0 Å². The number of ketones is 1. The van der Waals surface area contributed by atoms with Crippen LogP contribution < -0.4 is 0 Å². The summed E-state index contributed by atoms with van der Waals surface area (Å²) in [6.07, 6.45) is 8.69. The summed E-state index contributed by atoms with van der Waals surface area (Å²) in [6, 6.07) is 0. The van der Waals surface area contributed by atoms with Crippen LogP contribution >= 0.6 is 0 Å². The number of Topliss-reactive ketones (excluding diaryl/α,β-unsaturated/α-hetero) is 1. The Morgan fingerprint density at radius 3 is 2.29 bits per heavy atom. The molecule has 0 aromatic heterocycles. The summed E-state index contributed by atoms with van der Waals surface area (Å²) in [5.41, 5.74) is 0. The lowest BCUT2D eigenvalue weighted by atomic mass is 10.1. The van der Waals surface area contributed by atoms with Gasteiger partial charge in [-0.3, -0.25) is 4.79 Å². The van der Waals surface area contributed by atoms with Crippen LogP contribution in [0.4, 0.5) is 0 Å². The molecule has 0 aliphatic heterocycles. The molecular weight excluding hydrogens is 216 g/mol. The van der Waals surface area contributed by atoms with E-state index in [0.717, 1.165) is 12.8 Å². The fourth-order valence-corrected chi connectivity index (χ4v) is 1.66. The van der Waals surface area contributed by atoms with Crippen molar-refractivity contribution < 1.29 is 14.3 Å². The smallest absolute Gasteiger partial charge is 0.135 e. The first-order valence-electron chi connectivity index (χ1n) is 6.89. The summed E-state index contributed by atoms with van der Waals surface area (Å²) in [6.45, 7) is 3.94. The van der Waals surface area contributed by atoms with Crippen molar-refractivity contribution in [3.63, 3.8) is 0 Å². The molecule has 3 heteroatoms. The molecule has 0 radical (unpaired) electrons. The van der Waals surface area contributed by atoms with Crippen molar-refractivity contribution in [1.82, 2.24) is 0 Å². The Bertz CT molecular complexity index is 169. The summed E-state index contributed by atoms with van der Waals surface area (Å²) in [7, 11) is 1.65. The van der Waals surface area contributed by atoms with E-state index in [4.69, 9.17) is 9.47 Å². The second kappa shape index (κ2) is 13.7. The maximum Gasteiger partial charge on any atom is 0.135 e. The first kappa shape index (κ1) is 16.6. The van der Waals surface area contributed by atoms with E-state index in [1.807, 2.05) is 0 Å². The maximum atomic E-state index is 11.5. The molecule has 0 saturated carbocycles. The van der Waals surface area contributed by atoms with Crippen molar-refractivity contribution >= 4 is 5.78 Å². The van der Waals surface area contributed by atoms with Crippen molar-refractivity contribution in [1.29, 1.82) is 0 Å². The van der Waals surface area contributed by atoms with E-state index < -0.39 is 0 Å². The van der Waals surface area contributed by atoms with Crippen LogP contribution in [0.5, 0.6) is 0 Å². The Balaban J connectivity index is 3.12. The lowest BCUT2D eigenvalue weighted by Crippen LogP contribution is -2.07. The number of methoxy groups -OCH3 is 1. The molecule has 17 heavy (non-hydrogen) atoms. The van der Waals surface area contributed by atoms with Gasteiger partial charge in [0, 0.05) is 20.0 Å². The summed E-state index contributed by atoms with van der Waals surface area (Å²) >= 11 is 0. The average Bonchev–Trinajstić information content (AvgIpc) is 2.33. The van der Waals surface area contributed by atoms with E-state index in [2.05, 4.69) is 6.92 Å². The van der Waals surface area contributed by atoms with Crippen molar-refractivity contribution in [2.24, 2.45) is 0 Å². The minimum atomic E-state index is 0.331. The van der Waals surface area contributed by atoms with Crippen LogP contribution in [0.3, 0.4) is 0 Å². The van der Waals surface area contributed by atoms with E-state index in [1.165, 1.54) is 32.1 Å². The number of unbranched alkanes of at least 4 members (excludes halogenated alkanes) is 5. The maximum absolute atomic E-state index is 11.5. The van der Waals surface area contributed by atoms with Gasteiger partial charge in [-0.2, -0.15) is 0 Å². The molecule has 0 rings (SSSR count). The molecule has 0 N–H and O–H groups in total. The zero-order chi connectivity index (χ0) is 12.8. The van der Waals surface area contributed by atoms with Crippen LogP contribution in [-0.4, -0.2) is 32.7 Å². The zero-order valence-electron chi connectivity index (χ0n) is 11.5. The molecule has 0 amide bonds. The molecule has 0 atom stereocenters. The van der Waals surface area contributed by atoms with E-state index in [-0.39, 0.29) is 0 Å². The minimum Gasteiger partial charge on any atom is -0.382 e. The number of rotatable bonds is 13. The van der Waals surface area contributed by atoms with Gasteiger partial charge in [0.25, 0.3) is 0 Å². The molecule has 102 valence electrons. The molecule has 0 heterocycles. The highest BCUT2D eigenvalue weighted by Crippen LogP contribution is 2.07. The monoisotopic (exact) mass is 244 g/mol. The molecule has 0 unspecified atom stereocenters. The van der Waals surface area contributed by atoms with Gasteiger partial charge in [0.15, 0.2) is 0 Å². The summed E-state index contributed by atoms with van der Waals surface area (Å²) in [4.78, 5) is 11.5. The van der Waals surface area contributed by atoms with Gasteiger partial charge in [0.1, 0.15) is 5.78 Å². The van der Waals surface area contributed by atoms with Gasteiger partial charge in [0.05, 0.1) is 19.8 Å². The number of ether oxygens (including phenoxy) is 2. The molecule has 0 bridgehead atoms. The molecule has 0 aliphatic carbocycles. The van der Waals surface area contributed by atoms with Crippen LogP contribution in [0.15, 0.2) is 0 Å². The predicted molar refractivity (Wildman–Crippen MR) is 70.3 cm³/mol. The fraction of sp³-hybridized carbons (Fsp3) is 0.929. The quantitative estimate of drug-likeness (QED) is 0.466. The van der Waals surface area contributed by atoms with Crippen molar-refractivity contribution in [3.05, 3.63) is 0 Å². The van der Waals surface area contributed by atoms with Crippen LogP contribution in [0.25, 0.3) is 0 Å². The summed E-state index contributed by atoms with van der Waals surface area (Å²) in [5, 5.41) is 0. The largest absolute Gasteiger partial charge is 0.382 e. The minimum absolute atomic E-state index is 0.331. The lowest BCUT2D eigenvalue weighted by Gasteiger charge is -2.03. The fourth-order valence-electron chi connectivity index (χ4n) is 1.66. The number of carbonyl (C=O) groups is 1. The Hall–Kier alpha value is -0.410.